The second-order valence-corrected chi connectivity index (χ2v) is 9.81. The minimum absolute atomic E-state index is 0.142. The van der Waals surface area contributed by atoms with Crippen molar-refractivity contribution < 1.29 is 13.2 Å². The molecule has 0 saturated heterocycles. The molecule has 2 heterocycles. The molecule has 28 heavy (non-hydrogen) atoms. The molecule has 0 unspecified atom stereocenters. The number of H-pyrrole nitrogens is 1. The molecule has 6 heteroatoms. The summed E-state index contributed by atoms with van der Waals surface area (Å²) in [6, 6.07) is 16.3. The molecule has 1 aliphatic heterocycles. The topological polar surface area (TPSA) is 62.4 Å². The molecule has 5 rings (SSSR count). The van der Waals surface area contributed by atoms with Gasteiger partial charge in [-0.1, -0.05) is 30.3 Å². The van der Waals surface area contributed by atoms with Gasteiger partial charge in [-0.05, 0) is 54.0 Å². The van der Waals surface area contributed by atoms with Crippen LogP contribution in [0.3, 0.4) is 0 Å². The summed E-state index contributed by atoms with van der Waals surface area (Å²) in [5.41, 5.74) is 4.25. The number of nitrogens with one attached hydrogen (secondary N) is 1. The van der Waals surface area contributed by atoms with Gasteiger partial charge in [-0.2, -0.15) is 4.31 Å². The van der Waals surface area contributed by atoms with Gasteiger partial charge in [0.2, 0.25) is 10.0 Å². The van der Waals surface area contributed by atoms with E-state index in [2.05, 4.69) is 17.1 Å². The summed E-state index contributed by atoms with van der Waals surface area (Å²) in [6.07, 6.45) is 3.35. The number of aryl methyl sites for hydroxylation is 1. The van der Waals surface area contributed by atoms with Gasteiger partial charge in [0, 0.05) is 23.7 Å². The maximum absolute atomic E-state index is 13.1. The summed E-state index contributed by atoms with van der Waals surface area (Å²) in [5, 5.41) is 1.12. The minimum atomic E-state index is -3.32. The van der Waals surface area contributed by atoms with Crippen LogP contribution in [0, 0.1) is 0 Å². The van der Waals surface area contributed by atoms with Crippen molar-refractivity contribution in [3.8, 4) is 5.75 Å². The minimum Gasteiger partial charge on any atom is -0.493 e. The predicted molar refractivity (Wildman–Crippen MR) is 110 cm³/mol. The summed E-state index contributed by atoms with van der Waals surface area (Å²) in [7, 11) is -3.32. The molecule has 1 N–H and O–H groups in total. The van der Waals surface area contributed by atoms with Gasteiger partial charge in [-0.15, -0.1) is 0 Å². The van der Waals surface area contributed by atoms with Crippen molar-refractivity contribution in [3.05, 3.63) is 65.4 Å². The van der Waals surface area contributed by atoms with Gasteiger partial charge in [0.15, 0.2) is 0 Å². The van der Waals surface area contributed by atoms with E-state index in [1.807, 2.05) is 36.4 Å². The molecule has 2 aromatic carbocycles. The number of para-hydroxylation sites is 1. The van der Waals surface area contributed by atoms with Crippen LogP contribution in [0.1, 0.15) is 29.7 Å². The van der Waals surface area contributed by atoms with Crippen molar-refractivity contribution in [1.29, 1.82) is 0 Å². The summed E-state index contributed by atoms with van der Waals surface area (Å²) in [5.74, 6) is 1.08. The highest BCUT2D eigenvalue weighted by molar-refractivity contribution is 7.89. The fourth-order valence-electron chi connectivity index (χ4n) is 3.96. The van der Waals surface area contributed by atoms with Gasteiger partial charge in [-0.25, -0.2) is 8.42 Å². The third kappa shape index (κ3) is 3.54. The first-order valence-electron chi connectivity index (χ1n) is 9.89. The van der Waals surface area contributed by atoms with E-state index in [1.165, 1.54) is 5.56 Å². The van der Waals surface area contributed by atoms with Gasteiger partial charge >= 0.3 is 0 Å². The lowest BCUT2D eigenvalue weighted by Crippen LogP contribution is -2.35. The molecule has 146 valence electrons. The van der Waals surface area contributed by atoms with Crippen LogP contribution in [-0.2, 0) is 29.4 Å². The van der Waals surface area contributed by atoms with Crippen molar-refractivity contribution in [1.82, 2.24) is 9.29 Å². The Balaban J connectivity index is 1.32. The highest BCUT2D eigenvalue weighted by Crippen LogP contribution is 2.32. The lowest BCUT2D eigenvalue weighted by Gasteiger charge is -2.21. The summed E-state index contributed by atoms with van der Waals surface area (Å²) in [4.78, 5) is 3.36. The van der Waals surface area contributed by atoms with E-state index in [4.69, 9.17) is 4.74 Å². The van der Waals surface area contributed by atoms with E-state index in [0.29, 0.717) is 13.0 Å². The first kappa shape index (κ1) is 17.8. The molecule has 0 bridgehead atoms. The van der Waals surface area contributed by atoms with E-state index in [9.17, 15) is 8.42 Å². The van der Waals surface area contributed by atoms with Crippen molar-refractivity contribution in [2.45, 2.75) is 38.3 Å². The highest BCUT2D eigenvalue weighted by atomic mass is 32.2. The van der Waals surface area contributed by atoms with Crippen molar-refractivity contribution in [2.24, 2.45) is 0 Å². The number of fused-ring (bicyclic) bond motifs is 2. The standard InChI is InChI=1S/C22H24N2O3S/c25-28(26,12-10-16-5-8-22-18(13-16)9-11-27-22)24(20-6-7-20)15-19-14-17-3-1-2-4-21(17)23-19/h1-5,8,13-14,20,23H,6-7,9-12,15H2. The average molecular weight is 397 g/mol. The summed E-state index contributed by atoms with van der Waals surface area (Å²) >= 11 is 0. The Morgan fingerprint density at radius 1 is 1.11 bits per heavy atom. The Morgan fingerprint density at radius 2 is 1.96 bits per heavy atom. The van der Waals surface area contributed by atoms with Gasteiger partial charge in [0.1, 0.15) is 5.75 Å². The Labute approximate surface area is 165 Å². The molecule has 3 aromatic rings. The number of nitrogens with zero attached hydrogens (tertiary/aromatic N) is 1. The van der Waals surface area contributed by atoms with Crippen molar-refractivity contribution >= 4 is 20.9 Å². The second-order valence-electron chi connectivity index (χ2n) is 7.76. The normalized spacial score (nSPS) is 16.5. The third-order valence-electron chi connectivity index (χ3n) is 5.63. The van der Waals surface area contributed by atoms with Crippen LogP contribution < -0.4 is 4.74 Å². The zero-order valence-corrected chi connectivity index (χ0v) is 16.5. The van der Waals surface area contributed by atoms with Crippen molar-refractivity contribution in [3.63, 3.8) is 0 Å². The number of aromatic nitrogens is 1. The molecule has 0 radical (unpaired) electrons. The van der Waals surface area contributed by atoms with E-state index in [1.54, 1.807) is 4.31 Å². The lowest BCUT2D eigenvalue weighted by atomic mass is 10.1. The number of sulfonamides is 1. The number of benzene rings is 2. The number of rotatable bonds is 7. The van der Waals surface area contributed by atoms with Crippen LogP contribution in [0.5, 0.6) is 5.75 Å². The van der Waals surface area contributed by atoms with Crippen LogP contribution >= 0.6 is 0 Å². The SMILES string of the molecule is O=S(=O)(CCc1ccc2c(c1)CCO2)N(Cc1cc2ccccc2[nH]1)C1CC1. The van der Waals surface area contributed by atoms with Crippen LogP contribution in [-0.4, -0.2) is 36.1 Å². The van der Waals surface area contributed by atoms with Gasteiger partial charge in [-0.3, -0.25) is 0 Å². The number of hydrogen-bond donors (Lipinski definition) is 1. The third-order valence-corrected chi connectivity index (χ3v) is 7.49. The van der Waals surface area contributed by atoms with Crippen LogP contribution in [0.15, 0.2) is 48.5 Å². The maximum atomic E-state index is 13.1. The molecule has 1 fully saturated rings. The van der Waals surface area contributed by atoms with Gasteiger partial charge in [0.25, 0.3) is 0 Å². The molecular weight excluding hydrogens is 372 g/mol. The molecule has 0 amide bonds. The molecule has 1 saturated carbocycles. The van der Waals surface area contributed by atoms with E-state index >= 15 is 0 Å². The van der Waals surface area contributed by atoms with Crippen LogP contribution in [0.25, 0.3) is 10.9 Å². The lowest BCUT2D eigenvalue weighted by molar-refractivity contribution is 0.357. The van der Waals surface area contributed by atoms with Crippen molar-refractivity contribution in [2.75, 3.05) is 12.4 Å². The Morgan fingerprint density at radius 3 is 2.79 bits per heavy atom. The zero-order valence-electron chi connectivity index (χ0n) is 15.7. The van der Waals surface area contributed by atoms with E-state index in [-0.39, 0.29) is 11.8 Å². The monoisotopic (exact) mass is 396 g/mol. The maximum Gasteiger partial charge on any atom is 0.215 e. The van der Waals surface area contributed by atoms with E-state index < -0.39 is 10.0 Å². The first-order chi connectivity index (χ1) is 13.6. The number of aromatic amines is 1. The van der Waals surface area contributed by atoms with Gasteiger partial charge in [0.05, 0.1) is 18.9 Å². The molecule has 0 atom stereocenters. The predicted octanol–water partition coefficient (Wildman–Crippen LogP) is 3.64. The quantitative estimate of drug-likeness (QED) is 0.663. The van der Waals surface area contributed by atoms with Crippen LogP contribution in [0.2, 0.25) is 0 Å². The molecule has 1 aromatic heterocycles. The molecule has 5 nitrogen and oxygen atoms in total. The first-order valence-corrected chi connectivity index (χ1v) is 11.5. The fraction of sp³-hybridized carbons (Fsp3) is 0.364. The average Bonchev–Trinajstić information content (AvgIpc) is 3.26. The van der Waals surface area contributed by atoms with Gasteiger partial charge < -0.3 is 9.72 Å². The van der Waals surface area contributed by atoms with Crippen LogP contribution in [0.4, 0.5) is 0 Å². The zero-order chi connectivity index (χ0) is 19.1. The smallest absolute Gasteiger partial charge is 0.215 e. The Hall–Kier alpha value is -2.31. The molecule has 2 aliphatic rings. The molecular formula is C22H24N2O3S. The fourth-order valence-corrected chi connectivity index (χ4v) is 5.69. The molecule has 0 spiro atoms. The number of ether oxygens (including phenoxy) is 1. The number of hydrogen-bond acceptors (Lipinski definition) is 3. The molecule has 1 aliphatic carbocycles. The highest BCUT2D eigenvalue weighted by Gasteiger charge is 2.37. The summed E-state index contributed by atoms with van der Waals surface area (Å²) in [6.45, 7) is 1.14. The largest absolute Gasteiger partial charge is 0.493 e. The van der Waals surface area contributed by atoms with E-state index in [0.717, 1.165) is 53.8 Å². The second kappa shape index (κ2) is 6.94. The summed E-state index contributed by atoms with van der Waals surface area (Å²) < 4.78 is 33.5. The Kier molecular flexibility index (Phi) is 4.40. The Bertz CT molecular complexity index is 1080.